The van der Waals surface area contributed by atoms with Gasteiger partial charge in [-0.3, -0.25) is 0 Å². The number of benzene rings is 3. The number of halogens is 2. The van der Waals surface area contributed by atoms with Gasteiger partial charge in [0.25, 0.3) is 0 Å². The second-order valence-corrected chi connectivity index (χ2v) is 12.0. The Labute approximate surface area is 275 Å². The van der Waals surface area contributed by atoms with Crippen LogP contribution in [-0.4, -0.2) is 50.4 Å². The van der Waals surface area contributed by atoms with Crippen LogP contribution in [0.4, 0.5) is 8.78 Å². The normalized spacial score (nSPS) is 12.0. The summed E-state index contributed by atoms with van der Waals surface area (Å²) in [5.41, 5.74) is 2.11. The minimum absolute atomic E-state index is 0.00531. The minimum Gasteiger partial charge on any atom is -0.479 e. The van der Waals surface area contributed by atoms with Crippen molar-refractivity contribution in [1.82, 2.24) is 14.5 Å². The maximum atomic E-state index is 15.6. The summed E-state index contributed by atoms with van der Waals surface area (Å²) < 4.78 is 47.9. The van der Waals surface area contributed by atoms with Gasteiger partial charge in [0.05, 0.1) is 40.5 Å². The van der Waals surface area contributed by atoms with Gasteiger partial charge < -0.3 is 23.9 Å². The minimum atomic E-state index is -1.23. The average molecular weight is 655 g/mol. The SMILES string of the molecule is COC(Cn1c(Cc2ccc(-c3cccc(OCc4ccc(C#N)cc4F)n3)cc2F)nc2ccc(C(=O)OC(C)(C)C)cc21)C(=O)O. The Morgan fingerprint density at radius 2 is 1.73 bits per heavy atom. The number of carboxylic acids is 1. The molecule has 2 heterocycles. The molecular formula is C36H32F2N4O6. The molecule has 0 aliphatic heterocycles. The van der Waals surface area contributed by atoms with Crippen LogP contribution in [0.3, 0.4) is 0 Å². The zero-order chi connectivity index (χ0) is 34.6. The van der Waals surface area contributed by atoms with Crippen molar-refractivity contribution >= 4 is 23.0 Å². The topological polar surface area (TPSA) is 137 Å². The van der Waals surface area contributed by atoms with Gasteiger partial charge >= 0.3 is 11.9 Å². The molecule has 5 aromatic rings. The van der Waals surface area contributed by atoms with E-state index in [0.29, 0.717) is 28.1 Å². The van der Waals surface area contributed by atoms with Crippen LogP contribution < -0.4 is 4.74 Å². The van der Waals surface area contributed by atoms with E-state index in [1.807, 2.05) is 6.07 Å². The molecule has 0 radical (unpaired) electrons. The molecule has 0 fully saturated rings. The molecule has 1 unspecified atom stereocenters. The van der Waals surface area contributed by atoms with Gasteiger partial charge in [-0.25, -0.2) is 28.3 Å². The van der Waals surface area contributed by atoms with E-state index in [9.17, 15) is 19.1 Å². The number of aliphatic carboxylic acids is 1. The maximum absolute atomic E-state index is 15.6. The highest BCUT2D eigenvalue weighted by Gasteiger charge is 2.24. The third kappa shape index (κ3) is 7.82. The molecule has 0 saturated heterocycles. The molecule has 246 valence electrons. The first-order valence-corrected chi connectivity index (χ1v) is 14.9. The van der Waals surface area contributed by atoms with E-state index >= 15 is 4.39 Å². The molecule has 12 heteroatoms. The summed E-state index contributed by atoms with van der Waals surface area (Å²) in [6, 6.07) is 20.3. The highest BCUT2D eigenvalue weighted by atomic mass is 19.1. The molecule has 0 amide bonds. The Kier molecular flexibility index (Phi) is 9.82. The smallest absolute Gasteiger partial charge is 0.338 e. The average Bonchev–Trinajstić information content (AvgIpc) is 3.38. The number of methoxy groups -OCH3 is 1. The fourth-order valence-corrected chi connectivity index (χ4v) is 4.96. The molecule has 0 aliphatic carbocycles. The molecule has 10 nitrogen and oxygen atoms in total. The van der Waals surface area contributed by atoms with Crippen LogP contribution in [0.15, 0.2) is 72.8 Å². The molecule has 0 aliphatic rings. The van der Waals surface area contributed by atoms with Crippen LogP contribution in [0, 0.1) is 23.0 Å². The monoisotopic (exact) mass is 654 g/mol. The number of carbonyl (C=O) groups is 2. The first-order chi connectivity index (χ1) is 22.8. The number of carboxylic acid groups (broad SMARTS) is 1. The number of hydrogen-bond acceptors (Lipinski definition) is 8. The molecule has 1 N–H and O–H groups in total. The van der Waals surface area contributed by atoms with Crippen LogP contribution in [-0.2, 0) is 33.8 Å². The van der Waals surface area contributed by atoms with E-state index in [4.69, 9.17) is 19.5 Å². The van der Waals surface area contributed by atoms with Crippen LogP contribution in [0.25, 0.3) is 22.3 Å². The second kappa shape index (κ2) is 14.0. The predicted molar refractivity (Wildman–Crippen MR) is 171 cm³/mol. The summed E-state index contributed by atoms with van der Waals surface area (Å²) in [5, 5.41) is 18.6. The van der Waals surface area contributed by atoms with Gasteiger partial charge in [0.15, 0.2) is 6.10 Å². The number of nitrogens with zero attached hydrogens (tertiary/aromatic N) is 4. The Morgan fingerprint density at radius 3 is 2.40 bits per heavy atom. The van der Waals surface area contributed by atoms with Crippen molar-refractivity contribution in [2.24, 2.45) is 0 Å². The lowest BCUT2D eigenvalue weighted by molar-refractivity contribution is -0.149. The number of nitriles is 1. The molecule has 48 heavy (non-hydrogen) atoms. The lowest BCUT2D eigenvalue weighted by atomic mass is 10.1. The molecule has 0 saturated carbocycles. The lowest BCUT2D eigenvalue weighted by Gasteiger charge is -2.19. The first kappa shape index (κ1) is 33.7. The third-order valence-electron chi connectivity index (χ3n) is 7.35. The number of carbonyl (C=O) groups excluding carboxylic acids is 1. The van der Waals surface area contributed by atoms with Crippen molar-refractivity contribution in [2.45, 2.75) is 52.0 Å². The summed E-state index contributed by atoms with van der Waals surface area (Å²) in [4.78, 5) is 33.7. The lowest BCUT2D eigenvalue weighted by Crippen LogP contribution is -2.28. The van der Waals surface area contributed by atoms with Gasteiger partial charge in [0, 0.05) is 30.7 Å². The Balaban J connectivity index is 1.41. The molecule has 2 aromatic heterocycles. The molecule has 0 spiro atoms. The van der Waals surface area contributed by atoms with Crippen LogP contribution in [0.5, 0.6) is 5.88 Å². The van der Waals surface area contributed by atoms with Crippen LogP contribution >= 0.6 is 0 Å². The van der Waals surface area contributed by atoms with Crippen molar-refractivity contribution in [1.29, 1.82) is 5.26 Å². The van der Waals surface area contributed by atoms with E-state index in [0.717, 1.165) is 6.07 Å². The van der Waals surface area contributed by atoms with Crippen molar-refractivity contribution in [3.05, 3.63) is 113 Å². The van der Waals surface area contributed by atoms with Gasteiger partial charge in [0.1, 0.15) is 29.7 Å². The predicted octanol–water partition coefficient (Wildman–Crippen LogP) is 6.47. The Hall–Kier alpha value is -5.67. The Morgan fingerprint density at radius 1 is 0.979 bits per heavy atom. The molecule has 3 aromatic carbocycles. The quantitative estimate of drug-likeness (QED) is 0.159. The van der Waals surface area contributed by atoms with E-state index in [-0.39, 0.29) is 47.7 Å². The summed E-state index contributed by atoms with van der Waals surface area (Å²) in [7, 11) is 1.28. The van der Waals surface area contributed by atoms with E-state index in [1.165, 1.54) is 25.3 Å². The van der Waals surface area contributed by atoms with Crippen molar-refractivity contribution in [3.63, 3.8) is 0 Å². The largest absolute Gasteiger partial charge is 0.479 e. The van der Waals surface area contributed by atoms with Crippen molar-refractivity contribution in [3.8, 4) is 23.2 Å². The summed E-state index contributed by atoms with van der Waals surface area (Å²) in [6.45, 7) is 5.00. The fraction of sp³-hybridized carbons (Fsp3) is 0.250. The van der Waals surface area contributed by atoms with Gasteiger partial charge in [-0.05, 0) is 68.8 Å². The molecule has 0 bridgehead atoms. The van der Waals surface area contributed by atoms with Crippen molar-refractivity contribution < 1.29 is 37.7 Å². The fourth-order valence-electron chi connectivity index (χ4n) is 4.96. The highest BCUT2D eigenvalue weighted by Crippen LogP contribution is 2.27. The van der Waals surface area contributed by atoms with E-state index in [2.05, 4.69) is 9.97 Å². The number of aromatic nitrogens is 3. The summed E-state index contributed by atoms with van der Waals surface area (Å²) in [5.74, 6) is -2.29. The number of imidazole rings is 1. The number of hydrogen-bond donors (Lipinski definition) is 1. The van der Waals surface area contributed by atoms with Crippen LogP contribution in [0.1, 0.15) is 53.6 Å². The van der Waals surface area contributed by atoms with Gasteiger partial charge in [-0.2, -0.15) is 5.26 Å². The number of fused-ring (bicyclic) bond motifs is 1. The second-order valence-electron chi connectivity index (χ2n) is 12.0. The number of pyridine rings is 1. The molecule has 5 rings (SSSR count). The van der Waals surface area contributed by atoms with Gasteiger partial charge in [-0.15, -0.1) is 0 Å². The molecular weight excluding hydrogens is 622 g/mol. The number of rotatable bonds is 11. The van der Waals surface area contributed by atoms with Gasteiger partial charge in [0.2, 0.25) is 5.88 Å². The van der Waals surface area contributed by atoms with Gasteiger partial charge in [-0.1, -0.05) is 24.3 Å². The first-order valence-electron chi connectivity index (χ1n) is 14.9. The maximum Gasteiger partial charge on any atom is 0.338 e. The summed E-state index contributed by atoms with van der Waals surface area (Å²) in [6.07, 6.45) is -1.22. The Bertz CT molecular complexity index is 2050. The summed E-state index contributed by atoms with van der Waals surface area (Å²) >= 11 is 0. The van der Waals surface area contributed by atoms with Crippen LogP contribution in [0.2, 0.25) is 0 Å². The van der Waals surface area contributed by atoms with Crippen molar-refractivity contribution in [2.75, 3.05) is 7.11 Å². The number of esters is 1. The third-order valence-corrected chi connectivity index (χ3v) is 7.35. The van der Waals surface area contributed by atoms with E-state index < -0.39 is 35.3 Å². The highest BCUT2D eigenvalue weighted by molar-refractivity contribution is 5.94. The number of ether oxygens (including phenoxy) is 3. The zero-order valence-electron chi connectivity index (χ0n) is 26.7. The molecule has 1 atom stereocenters. The standard InChI is InChI=1S/C36H32F2N4O6/c1-36(2,3)48-35(45)24-12-13-29-30(16-24)42(19-31(46-4)34(43)44)32(40-29)17-22-10-11-23(15-27(22)38)28-6-5-7-33(41-28)47-20-25-9-8-21(18-39)14-26(25)37/h5-16,31H,17,19-20H2,1-4H3,(H,43,44). The van der Waals surface area contributed by atoms with E-state index in [1.54, 1.807) is 73.9 Å². The zero-order valence-corrected chi connectivity index (χ0v) is 26.7.